The molecule has 2 heterocycles. The van der Waals surface area contributed by atoms with Crippen LogP contribution in [0, 0.1) is 0 Å². The lowest BCUT2D eigenvalue weighted by Gasteiger charge is -2.27. The molecule has 0 unspecified atom stereocenters. The summed E-state index contributed by atoms with van der Waals surface area (Å²) in [6.07, 6.45) is 3.03. The molecule has 1 aromatic heterocycles. The molecule has 0 radical (unpaired) electrons. The molecule has 0 spiro atoms. The van der Waals surface area contributed by atoms with Crippen LogP contribution in [0.2, 0.25) is 5.02 Å². The van der Waals surface area contributed by atoms with E-state index in [9.17, 15) is 14.4 Å². The number of halogens is 1. The lowest BCUT2D eigenvalue weighted by Crippen LogP contribution is -2.40. The fourth-order valence-corrected chi connectivity index (χ4v) is 6.26. The number of nitrogens with zero attached hydrogens (tertiary/aromatic N) is 2. The second-order valence-electron chi connectivity index (χ2n) is 10.2. The Morgan fingerprint density at radius 1 is 1.07 bits per heavy atom. The summed E-state index contributed by atoms with van der Waals surface area (Å²) < 4.78 is 18.9. The van der Waals surface area contributed by atoms with Gasteiger partial charge in [0.2, 0.25) is 0 Å². The number of allylic oxidation sites excluding steroid dienone is 1. The van der Waals surface area contributed by atoms with Gasteiger partial charge in [-0.05, 0) is 73.0 Å². The number of fused-ring (bicyclic) bond motifs is 1. The Labute approximate surface area is 268 Å². The van der Waals surface area contributed by atoms with Crippen LogP contribution in [0.3, 0.4) is 0 Å². The van der Waals surface area contributed by atoms with Gasteiger partial charge in [0.25, 0.3) is 5.56 Å². The highest BCUT2D eigenvalue weighted by molar-refractivity contribution is 7.07. The number of carboxylic acid groups (broad SMARTS) is 1. The van der Waals surface area contributed by atoms with Gasteiger partial charge < -0.3 is 19.3 Å². The van der Waals surface area contributed by atoms with Gasteiger partial charge >= 0.3 is 11.9 Å². The van der Waals surface area contributed by atoms with Crippen LogP contribution in [0.1, 0.15) is 59.8 Å². The predicted molar refractivity (Wildman–Crippen MR) is 172 cm³/mol. The van der Waals surface area contributed by atoms with E-state index < -0.39 is 18.0 Å². The van der Waals surface area contributed by atoms with Gasteiger partial charge in [-0.2, -0.15) is 0 Å². The molecule has 11 heteroatoms. The third kappa shape index (κ3) is 6.87. The molecule has 3 aromatic carbocycles. The summed E-state index contributed by atoms with van der Waals surface area (Å²) >= 11 is 7.65. The number of rotatable bonds is 11. The van der Waals surface area contributed by atoms with Crippen LogP contribution in [0.25, 0.3) is 6.08 Å². The number of methoxy groups -OCH3 is 1. The van der Waals surface area contributed by atoms with Gasteiger partial charge in [0.1, 0.15) is 24.1 Å². The van der Waals surface area contributed by atoms with E-state index >= 15 is 0 Å². The highest BCUT2D eigenvalue weighted by atomic mass is 35.5. The van der Waals surface area contributed by atoms with E-state index in [-0.39, 0.29) is 29.9 Å². The van der Waals surface area contributed by atoms with Crippen molar-refractivity contribution < 1.29 is 28.9 Å². The number of carbonyl (C=O) groups is 2. The SMILES string of the molecule is CCCC1=C(C(=O)OCC)[C@H](c2cc(Cl)ccc2OC)n2c(s/c(=C/c3ccc(OCc4ccc(C(=O)O)cc4)cc3)c2=O)=N1. The van der Waals surface area contributed by atoms with Crippen molar-refractivity contribution in [1.82, 2.24) is 4.57 Å². The third-order valence-electron chi connectivity index (χ3n) is 7.16. The Bertz CT molecular complexity index is 1940. The first kappa shape index (κ1) is 31.7. The minimum atomic E-state index is -0.981. The van der Waals surface area contributed by atoms with E-state index in [2.05, 4.69) is 0 Å². The summed E-state index contributed by atoms with van der Waals surface area (Å²) in [6, 6.07) is 18.0. The molecule has 232 valence electrons. The summed E-state index contributed by atoms with van der Waals surface area (Å²) in [7, 11) is 1.53. The topological polar surface area (TPSA) is 116 Å². The molecule has 45 heavy (non-hydrogen) atoms. The summed E-state index contributed by atoms with van der Waals surface area (Å²) in [5.74, 6) is -0.426. The van der Waals surface area contributed by atoms with Gasteiger partial charge in [-0.25, -0.2) is 14.6 Å². The second-order valence-corrected chi connectivity index (χ2v) is 11.6. The zero-order valence-electron chi connectivity index (χ0n) is 24.9. The number of benzene rings is 3. The Morgan fingerprint density at radius 3 is 2.44 bits per heavy atom. The lowest BCUT2D eigenvalue weighted by molar-refractivity contribution is -0.139. The van der Waals surface area contributed by atoms with Gasteiger partial charge in [0.05, 0.1) is 35.1 Å². The first-order valence-corrected chi connectivity index (χ1v) is 15.5. The van der Waals surface area contributed by atoms with Crippen LogP contribution in [-0.2, 0) is 16.1 Å². The highest BCUT2D eigenvalue weighted by Gasteiger charge is 2.36. The largest absolute Gasteiger partial charge is 0.496 e. The summed E-state index contributed by atoms with van der Waals surface area (Å²) in [6.45, 7) is 4.17. The molecule has 1 atom stereocenters. The zero-order chi connectivity index (χ0) is 32.1. The van der Waals surface area contributed by atoms with Crippen molar-refractivity contribution in [3.8, 4) is 11.5 Å². The highest BCUT2D eigenvalue weighted by Crippen LogP contribution is 2.38. The first-order valence-electron chi connectivity index (χ1n) is 14.3. The molecule has 0 fully saturated rings. The molecule has 0 amide bonds. The Kier molecular flexibility index (Phi) is 9.85. The van der Waals surface area contributed by atoms with Crippen molar-refractivity contribution in [3.05, 3.63) is 125 Å². The molecule has 9 nitrogen and oxygen atoms in total. The number of carbonyl (C=O) groups excluding carboxylic acids is 1. The number of thiazole rings is 1. The van der Waals surface area contributed by atoms with Crippen molar-refractivity contribution in [3.63, 3.8) is 0 Å². The molecule has 0 aliphatic carbocycles. The monoisotopic (exact) mass is 646 g/mol. The minimum Gasteiger partial charge on any atom is -0.496 e. The molecule has 5 rings (SSSR count). The van der Waals surface area contributed by atoms with Crippen LogP contribution in [0.4, 0.5) is 0 Å². The number of ether oxygens (including phenoxy) is 3. The van der Waals surface area contributed by atoms with Crippen molar-refractivity contribution in [2.75, 3.05) is 13.7 Å². The molecule has 1 aliphatic heterocycles. The Balaban J connectivity index is 1.53. The third-order valence-corrected chi connectivity index (χ3v) is 8.38. The van der Waals surface area contributed by atoms with Crippen molar-refractivity contribution in [2.45, 2.75) is 39.3 Å². The number of carboxylic acids is 1. The molecular formula is C34H31ClN2O7S. The maximum atomic E-state index is 14.0. The number of aromatic carboxylic acids is 1. The molecule has 4 aromatic rings. The number of aromatic nitrogens is 1. The van der Waals surface area contributed by atoms with Crippen LogP contribution in [0.15, 0.2) is 87.8 Å². The first-order chi connectivity index (χ1) is 21.7. The molecule has 1 N–H and O–H groups in total. The number of hydrogen-bond donors (Lipinski definition) is 1. The van der Waals surface area contributed by atoms with Gasteiger partial charge in [0, 0.05) is 10.6 Å². The average Bonchev–Trinajstić information content (AvgIpc) is 3.34. The van der Waals surface area contributed by atoms with E-state index in [1.54, 1.807) is 55.5 Å². The Hall–Kier alpha value is -4.67. The van der Waals surface area contributed by atoms with Crippen LogP contribution < -0.4 is 24.4 Å². The summed E-state index contributed by atoms with van der Waals surface area (Å²) in [4.78, 5) is 43.8. The van der Waals surface area contributed by atoms with Crippen molar-refractivity contribution in [1.29, 1.82) is 0 Å². The van der Waals surface area contributed by atoms with E-state index in [1.807, 2.05) is 19.1 Å². The molecule has 0 saturated carbocycles. The number of hydrogen-bond acceptors (Lipinski definition) is 8. The van der Waals surface area contributed by atoms with Gasteiger partial charge in [0.15, 0.2) is 4.80 Å². The summed E-state index contributed by atoms with van der Waals surface area (Å²) in [5, 5.41) is 9.51. The van der Waals surface area contributed by atoms with Gasteiger partial charge in [-0.1, -0.05) is 60.5 Å². The van der Waals surface area contributed by atoms with Crippen LogP contribution in [0.5, 0.6) is 11.5 Å². The van der Waals surface area contributed by atoms with Gasteiger partial charge in [-0.15, -0.1) is 0 Å². The van der Waals surface area contributed by atoms with E-state index in [0.29, 0.717) is 43.5 Å². The van der Waals surface area contributed by atoms with Crippen molar-refractivity contribution in [2.24, 2.45) is 4.99 Å². The van der Waals surface area contributed by atoms with Crippen molar-refractivity contribution >= 4 is 41.0 Å². The van der Waals surface area contributed by atoms with Gasteiger partial charge in [-0.3, -0.25) is 9.36 Å². The smallest absolute Gasteiger partial charge is 0.338 e. The normalized spacial score (nSPS) is 14.5. The van der Waals surface area contributed by atoms with Crippen LogP contribution >= 0.6 is 22.9 Å². The minimum absolute atomic E-state index is 0.169. The van der Waals surface area contributed by atoms with E-state index in [0.717, 1.165) is 17.5 Å². The lowest BCUT2D eigenvalue weighted by atomic mass is 9.93. The summed E-state index contributed by atoms with van der Waals surface area (Å²) in [5.41, 5.74) is 2.92. The molecule has 1 aliphatic rings. The Morgan fingerprint density at radius 2 is 1.80 bits per heavy atom. The van der Waals surface area contributed by atoms with E-state index in [1.165, 1.54) is 35.1 Å². The fourth-order valence-electron chi connectivity index (χ4n) is 5.06. The second kappa shape index (κ2) is 14.0. The fraction of sp³-hybridized carbons (Fsp3) is 0.235. The number of esters is 1. The average molecular weight is 647 g/mol. The standard InChI is InChI=1S/C34H31ClN2O7S/c1-4-6-26-29(33(41)43-5-2)30(25-18-23(35)13-16-27(25)42-3)37-31(38)28(45-34(37)36-26)17-20-9-14-24(15-10-20)44-19-21-7-11-22(12-8-21)32(39)40/h7-18,30H,4-6,19H2,1-3H3,(H,39,40)/b28-17+/t30-/m0/s1. The van der Waals surface area contributed by atoms with Crippen LogP contribution in [-0.4, -0.2) is 35.3 Å². The quantitative estimate of drug-likeness (QED) is 0.213. The molecule has 0 saturated heterocycles. The van der Waals surface area contributed by atoms with E-state index in [4.69, 9.17) is 35.9 Å². The maximum Gasteiger partial charge on any atom is 0.338 e. The zero-order valence-corrected chi connectivity index (χ0v) is 26.5. The predicted octanol–water partition coefficient (Wildman–Crippen LogP) is 5.52. The maximum absolute atomic E-state index is 14.0. The molecule has 0 bridgehead atoms. The molecular weight excluding hydrogens is 616 g/mol.